The summed E-state index contributed by atoms with van der Waals surface area (Å²) in [6.45, 7) is 6.12. The number of nitrogens with one attached hydrogen (secondary N) is 1. The lowest BCUT2D eigenvalue weighted by atomic mass is 10.0. The Morgan fingerprint density at radius 1 is 1.14 bits per heavy atom. The minimum absolute atomic E-state index is 0.268. The summed E-state index contributed by atoms with van der Waals surface area (Å²) in [6, 6.07) is 11.0. The van der Waals surface area contributed by atoms with Gasteiger partial charge in [0, 0.05) is 0 Å². The number of rotatable bonds is 8. The van der Waals surface area contributed by atoms with Gasteiger partial charge >= 0.3 is 0 Å². The third-order valence-electron chi connectivity index (χ3n) is 3.21. The van der Waals surface area contributed by atoms with Gasteiger partial charge in [-0.2, -0.15) is 0 Å². The summed E-state index contributed by atoms with van der Waals surface area (Å²) >= 11 is 4.18. The van der Waals surface area contributed by atoms with Crippen molar-refractivity contribution in [1.29, 1.82) is 0 Å². The maximum atomic E-state index is 5.66. The van der Waals surface area contributed by atoms with Crippen molar-refractivity contribution < 1.29 is 4.74 Å². The first-order valence-corrected chi connectivity index (χ1v) is 9.40. The van der Waals surface area contributed by atoms with Crippen LogP contribution < -0.4 is 10.1 Å². The predicted octanol–water partition coefficient (Wildman–Crippen LogP) is 5.23. The average molecular weight is 415 g/mol. The zero-order valence-corrected chi connectivity index (χ0v) is 15.5. The monoisotopic (exact) mass is 415 g/mol. The van der Waals surface area contributed by atoms with E-state index in [1.54, 1.807) is 11.3 Å². The second-order valence-corrected chi connectivity index (χ2v) is 7.79. The lowest BCUT2D eigenvalue weighted by Crippen LogP contribution is -2.22. The van der Waals surface area contributed by atoms with Gasteiger partial charge in [-0.05, 0) is 76.7 Å². The van der Waals surface area contributed by atoms with Crippen molar-refractivity contribution in [3.8, 4) is 5.75 Å². The summed E-state index contributed by atoms with van der Waals surface area (Å²) in [5.41, 5.74) is 2.64. The third-order valence-corrected chi connectivity index (χ3v) is 5.01. The number of ether oxygens (including phenoxy) is 1. The van der Waals surface area contributed by atoms with Crippen LogP contribution in [0.3, 0.4) is 0 Å². The largest absolute Gasteiger partial charge is 0.494 e. The molecular formula is C17H22INOS. The molecule has 0 amide bonds. The lowest BCUT2D eigenvalue weighted by molar-refractivity contribution is 0.317. The molecule has 0 radical (unpaired) electrons. The fourth-order valence-electron chi connectivity index (χ4n) is 2.17. The van der Waals surface area contributed by atoms with Gasteiger partial charge in [-0.25, -0.2) is 0 Å². The van der Waals surface area contributed by atoms with Crippen molar-refractivity contribution in [3.63, 3.8) is 0 Å². The molecule has 114 valence electrons. The van der Waals surface area contributed by atoms with Crippen LogP contribution in [0.15, 0.2) is 35.7 Å². The van der Waals surface area contributed by atoms with Crippen molar-refractivity contribution >= 4 is 33.9 Å². The maximum absolute atomic E-state index is 5.66. The minimum atomic E-state index is 0.268. The van der Waals surface area contributed by atoms with Gasteiger partial charge in [0.2, 0.25) is 0 Å². The van der Waals surface area contributed by atoms with E-state index in [2.05, 4.69) is 77.5 Å². The Kier molecular flexibility index (Phi) is 6.99. The van der Waals surface area contributed by atoms with Crippen LogP contribution in [0.25, 0.3) is 0 Å². The molecule has 2 aromatic rings. The lowest BCUT2D eigenvalue weighted by Gasteiger charge is -2.18. The third kappa shape index (κ3) is 4.97. The number of hydrogen-bond donors (Lipinski definition) is 1. The van der Waals surface area contributed by atoms with E-state index in [1.807, 2.05) is 0 Å². The minimum Gasteiger partial charge on any atom is -0.494 e. The zero-order valence-electron chi connectivity index (χ0n) is 12.6. The molecule has 0 saturated carbocycles. The van der Waals surface area contributed by atoms with Gasteiger partial charge in [0.15, 0.2) is 0 Å². The van der Waals surface area contributed by atoms with E-state index >= 15 is 0 Å². The molecular weight excluding hydrogens is 393 g/mol. The summed E-state index contributed by atoms with van der Waals surface area (Å²) < 4.78 is 6.99. The van der Waals surface area contributed by atoms with Gasteiger partial charge in [-0.15, -0.1) is 11.3 Å². The molecule has 1 atom stereocenters. The van der Waals surface area contributed by atoms with Crippen molar-refractivity contribution in [1.82, 2.24) is 5.32 Å². The maximum Gasteiger partial charge on any atom is 0.119 e. The van der Waals surface area contributed by atoms with Gasteiger partial charge in [-0.1, -0.05) is 26.0 Å². The average Bonchev–Trinajstić information content (AvgIpc) is 2.93. The summed E-state index contributed by atoms with van der Waals surface area (Å²) in [6.07, 6.45) is 2.17. The fraction of sp³-hybridized carbons (Fsp3) is 0.412. The number of hydrogen-bond acceptors (Lipinski definition) is 3. The molecule has 0 saturated heterocycles. The van der Waals surface area contributed by atoms with Crippen molar-refractivity contribution in [2.24, 2.45) is 0 Å². The highest BCUT2D eigenvalue weighted by atomic mass is 127. The van der Waals surface area contributed by atoms with E-state index in [1.165, 1.54) is 14.0 Å². The van der Waals surface area contributed by atoms with Crippen LogP contribution in [0.5, 0.6) is 5.75 Å². The fourth-order valence-corrected chi connectivity index (χ4v) is 3.57. The highest BCUT2D eigenvalue weighted by molar-refractivity contribution is 14.1. The van der Waals surface area contributed by atoms with Crippen LogP contribution in [0.4, 0.5) is 0 Å². The van der Waals surface area contributed by atoms with E-state index < -0.39 is 0 Å². The van der Waals surface area contributed by atoms with Gasteiger partial charge in [0.05, 0.1) is 15.5 Å². The van der Waals surface area contributed by atoms with E-state index in [0.29, 0.717) is 0 Å². The van der Waals surface area contributed by atoms with Crippen LogP contribution in [0, 0.1) is 2.88 Å². The Morgan fingerprint density at radius 2 is 1.90 bits per heavy atom. The molecule has 0 bridgehead atoms. The molecule has 0 spiro atoms. The summed E-state index contributed by atoms with van der Waals surface area (Å²) in [4.78, 5) is 0. The molecule has 0 fully saturated rings. The van der Waals surface area contributed by atoms with Crippen molar-refractivity contribution in [2.45, 2.75) is 32.7 Å². The normalized spacial score (nSPS) is 12.3. The smallest absolute Gasteiger partial charge is 0.119 e. The second-order valence-electron chi connectivity index (χ2n) is 4.99. The van der Waals surface area contributed by atoms with Crippen molar-refractivity contribution in [3.05, 3.63) is 49.7 Å². The van der Waals surface area contributed by atoms with Gasteiger partial charge in [0.1, 0.15) is 5.75 Å². The Hall–Kier alpha value is -0.590. The first-order chi connectivity index (χ1) is 10.2. The Bertz CT molecular complexity index is 538. The summed E-state index contributed by atoms with van der Waals surface area (Å²) in [5, 5.41) is 5.89. The Morgan fingerprint density at radius 3 is 2.48 bits per heavy atom. The number of halogens is 1. The summed E-state index contributed by atoms with van der Waals surface area (Å²) in [5.74, 6) is 0.953. The Labute approximate surface area is 145 Å². The first kappa shape index (κ1) is 16.8. The molecule has 1 N–H and O–H groups in total. The zero-order chi connectivity index (χ0) is 15.1. The van der Waals surface area contributed by atoms with Gasteiger partial charge < -0.3 is 10.1 Å². The topological polar surface area (TPSA) is 21.3 Å². The summed E-state index contributed by atoms with van der Waals surface area (Å²) in [7, 11) is 0. The van der Waals surface area contributed by atoms with Crippen molar-refractivity contribution in [2.75, 3.05) is 13.2 Å². The molecule has 4 heteroatoms. The van der Waals surface area contributed by atoms with E-state index in [4.69, 9.17) is 4.74 Å². The predicted molar refractivity (Wildman–Crippen MR) is 99.4 cm³/mol. The SMILES string of the molecule is CCCNC(c1ccc(OCCC)cc1)c1csc(I)c1. The molecule has 0 aliphatic carbocycles. The van der Waals surface area contributed by atoms with Gasteiger partial charge in [0.25, 0.3) is 0 Å². The van der Waals surface area contributed by atoms with E-state index in [-0.39, 0.29) is 6.04 Å². The van der Waals surface area contributed by atoms with Crippen LogP contribution in [-0.4, -0.2) is 13.2 Å². The van der Waals surface area contributed by atoms with Gasteiger partial charge in [-0.3, -0.25) is 0 Å². The van der Waals surface area contributed by atoms with Crippen LogP contribution >= 0.6 is 33.9 Å². The number of thiophene rings is 1. The Balaban J connectivity index is 2.16. The van der Waals surface area contributed by atoms with Crippen LogP contribution in [0.1, 0.15) is 43.9 Å². The molecule has 2 nitrogen and oxygen atoms in total. The van der Waals surface area contributed by atoms with Crippen LogP contribution in [0.2, 0.25) is 0 Å². The first-order valence-electron chi connectivity index (χ1n) is 7.44. The molecule has 1 heterocycles. The number of benzene rings is 1. The molecule has 1 unspecified atom stereocenters. The molecule has 2 rings (SSSR count). The highest BCUT2D eigenvalue weighted by Gasteiger charge is 2.14. The molecule has 1 aromatic heterocycles. The van der Waals surface area contributed by atoms with E-state index in [0.717, 1.165) is 31.7 Å². The highest BCUT2D eigenvalue weighted by Crippen LogP contribution is 2.28. The molecule has 0 aliphatic rings. The second kappa shape index (κ2) is 8.76. The van der Waals surface area contributed by atoms with Crippen LogP contribution in [-0.2, 0) is 0 Å². The quantitative estimate of drug-likeness (QED) is 0.596. The standard InChI is InChI=1S/C17H22INOS/c1-3-9-19-17(14-11-16(18)21-12-14)13-5-7-15(8-6-13)20-10-4-2/h5-8,11-12,17,19H,3-4,9-10H2,1-2H3. The molecule has 1 aromatic carbocycles. The van der Waals surface area contributed by atoms with E-state index in [9.17, 15) is 0 Å². The molecule has 0 aliphatic heterocycles. The molecule has 21 heavy (non-hydrogen) atoms.